The third-order valence-electron chi connectivity index (χ3n) is 3.78. The number of aromatic carboxylic acids is 1. The van der Waals surface area contributed by atoms with E-state index in [-0.39, 0.29) is 5.56 Å². The predicted molar refractivity (Wildman–Crippen MR) is 87.2 cm³/mol. The Labute approximate surface area is 131 Å². The Bertz CT molecular complexity index is 1050. The van der Waals surface area contributed by atoms with Crippen molar-refractivity contribution < 1.29 is 9.90 Å². The number of hydrogen-bond acceptors (Lipinski definition) is 4. The lowest BCUT2D eigenvalue weighted by molar-refractivity contribution is 0.0697. The van der Waals surface area contributed by atoms with Crippen molar-refractivity contribution >= 4 is 27.6 Å². The van der Waals surface area contributed by atoms with Gasteiger partial charge in [-0.15, -0.1) is 0 Å². The molecular weight excluding hydrogens is 290 g/mol. The van der Waals surface area contributed by atoms with Crippen molar-refractivity contribution in [2.24, 2.45) is 0 Å². The smallest absolute Gasteiger partial charge is 0.335 e. The van der Waals surface area contributed by atoms with E-state index < -0.39 is 5.97 Å². The summed E-state index contributed by atoms with van der Waals surface area (Å²) in [6.07, 6.45) is 6.95. The first-order valence-corrected chi connectivity index (χ1v) is 7.05. The number of rotatable bonds is 2. The highest BCUT2D eigenvalue weighted by molar-refractivity contribution is 6.11. The molecule has 4 rings (SSSR count). The van der Waals surface area contributed by atoms with Crippen LogP contribution in [0.25, 0.3) is 32.9 Å². The molecule has 3 aromatic heterocycles. The molecule has 4 aromatic rings. The molecule has 1 N–H and O–H groups in total. The topological polar surface area (TPSA) is 76.0 Å². The Kier molecular flexibility index (Phi) is 2.98. The SMILES string of the molecule is O=C(O)c1ccc2c(c1)nc(-c1cccnc1)c1ccncc12. The van der Waals surface area contributed by atoms with Crippen LogP contribution in [0.15, 0.2) is 61.2 Å². The van der Waals surface area contributed by atoms with Crippen molar-refractivity contribution in [1.82, 2.24) is 15.0 Å². The quantitative estimate of drug-likeness (QED) is 0.573. The van der Waals surface area contributed by atoms with Crippen molar-refractivity contribution in [1.29, 1.82) is 0 Å². The van der Waals surface area contributed by atoms with Gasteiger partial charge in [-0.2, -0.15) is 0 Å². The number of carboxylic acids is 1. The minimum atomic E-state index is -0.970. The monoisotopic (exact) mass is 301 g/mol. The first kappa shape index (κ1) is 13.3. The fraction of sp³-hybridized carbons (Fsp3) is 0. The number of benzene rings is 1. The summed E-state index contributed by atoms with van der Waals surface area (Å²) >= 11 is 0. The molecule has 0 amide bonds. The van der Waals surface area contributed by atoms with Crippen molar-refractivity contribution in [3.63, 3.8) is 0 Å². The summed E-state index contributed by atoms with van der Waals surface area (Å²) in [5.41, 5.74) is 2.49. The molecular formula is C18H11N3O2. The molecule has 110 valence electrons. The van der Waals surface area contributed by atoms with Gasteiger partial charge in [0.05, 0.1) is 16.8 Å². The van der Waals surface area contributed by atoms with E-state index in [4.69, 9.17) is 0 Å². The van der Waals surface area contributed by atoms with Gasteiger partial charge in [0, 0.05) is 46.5 Å². The summed E-state index contributed by atoms with van der Waals surface area (Å²) in [4.78, 5) is 24.2. The second kappa shape index (κ2) is 5.14. The molecule has 5 nitrogen and oxygen atoms in total. The van der Waals surface area contributed by atoms with Crippen LogP contribution in [0.5, 0.6) is 0 Å². The summed E-state index contributed by atoms with van der Waals surface area (Å²) in [5, 5.41) is 12.0. The summed E-state index contributed by atoms with van der Waals surface area (Å²) < 4.78 is 0. The minimum absolute atomic E-state index is 0.213. The van der Waals surface area contributed by atoms with Gasteiger partial charge in [-0.3, -0.25) is 9.97 Å². The molecule has 0 unspecified atom stereocenters. The van der Waals surface area contributed by atoms with Crippen molar-refractivity contribution in [3.05, 3.63) is 66.7 Å². The second-order valence-electron chi connectivity index (χ2n) is 5.16. The predicted octanol–water partition coefficient (Wildman–Crippen LogP) is 3.54. The number of nitrogens with zero attached hydrogens (tertiary/aromatic N) is 3. The molecule has 0 atom stereocenters. The zero-order chi connectivity index (χ0) is 15.8. The maximum Gasteiger partial charge on any atom is 0.335 e. The highest BCUT2D eigenvalue weighted by Crippen LogP contribution is 2.31. The molecule has 0 saturated carbocycles. The van der Waals surface area contributed by atoms with Crippen LogP contribution in [0.1, 0.15) is 10.4 Å². The van der Waals surface area contributed by atoms with Crippen LogP contribution in [0, 0.1) is 0 Å². The zero-order valence-corrected chi connectivity index (χ0v) is 12.0. The van der Waals surface area contributed by atoms with Crippen molar-refractivity contribution in [2.75, 3.05) is 0 Å². The average Bonchev–Trinajstić information content (AvgIpc) is 2.61. The molecule has 0 radical (unpaired) electrons. The van der Waals surface area contributed by atoms with E-state index in [0.717, 1.165) is 27.4 Å². The molecule has 0 fully saturated rings. The Hall–Kier alpha value is -3.34. The molecule has 5 heteroatoms. The van der Waals surface area contributed by atoms with E-state index in [2.05, 4.69) is 15.0 Å². The standard InChI is InChI=1S/C18H11N3O2/c22-18(23)11-3-4-13-15-10-20-7-5-14(15)17(21-16(13)8-11)12-2-1-6-19-9-12/h1-10H,(H,22,23). The van der Waals surface area contributed by atoms with E-state index in [0.29, 0.717) is 5.52 Å². The number of fused-ring (bicyclic) bond motifs is 3. The van der Waals surface area contributed by atoms with Gasteiger partial charge in [-0.1, -0.05) is 6.07 Å². The van der Waals surface area contributed by atoms with Crippen LogP contribution in [0.4, 0.5) is 0 Å². The van der Waals surface area contributed by atoms with Gasteiger partial charge >= 0.3 is 5.97 Å². The molecule has 3 heterocycles. The van der Waals surface area contributed by atoms with E-state index in [1.165, 1.54) is 0 Å². The van der Waals surface area contributed by atoms with Gasteiger partial charge in [-0.25, -0.2) is 9.78 Å². The Morgan fingerprint density at radius 2 is 1.78 bits per heavy atom. The number of aromatic nitrogens is 3. The van der Waals surface area contributed by atoms with Crippen molar-refractivity contribution in [2.45, 2.75) is 0 Å². The molecule has 0 saturated heterocycles. The third-order valence-corrected chi connectivity index (χ3v) is 3.78. The van der Waals surface area contributed by atoms with Gasteiger partial charge in [0.15, 0.2) is 0 Å². The van der Waals surface area contributed by atoms with E-state index in [1.807, 2.05) is 18.2 Å². The number of carboxylic acid groups (broad SMARTS) is 1. The van der Waals surface area contributed by atoms with Crippen LogP contribution in [-0.4, -0.2) is 26.0 Å². The average molecular weight is 301 g/mol. The minimum Gasteiger partial charge on any atom is -0.478 e. The second-order valence-corrected chi connectivity index (χ2v) is 5.16. The zero-order valence-electron chi connectivity index (χ0n) is 12.0. The van der Waals surface area contributed by atoms with Gasteiger partial charge in [-0.05, 0) is 30.3 Å². The van der Waals surface area contributed by atoms with E-state index in [9.17, 15) is 9.90 Å². The van der Waals surface area contributed by atoms with Gasteiger partial charge in [0.25, 0.3) is 0 Å². The normalized spacial score (nSPS) is 11.0. The summed E-state index contributed by atoms with van der Waals surface area (Å²) in [6.45, 7) is 0. The third kappa shape index (κ3) is 2.19. The summed E-state index contributed by atoms with van der Waals surface area (Å²) in [6, 6.07) is 10.6. The van der Waals surface area contributed by atoms with Crippen molar-refractivity contribution in [3.8, 4) is 11.3 Å². The van der Waals surface area contributed by atoms with Gasteiger partial charge < -0.3 is 5.11 Å². The lowest BCUT2D eigenvalue weighted by Gasteiger charge is -2.09. The molecule has 0 aliphatic heterocycles. The van der Waals surface area contributed by atoms with Crippen LogP contribution in [0.3, 0.4) is 0 Å². The van der Waals surface area contributed by atoms with Crippen LogP contribution < -0.4 is 0 Å². The number of carbonyl (C=O) groups is 1. The fourth-order valence-corrected chi connectivity index (χ4v) is 2.70. The largest absolute Gasteiger partial charge is 0.478 e. The number of hydrogen-bond donors (Lipinski definition) is 1. The lowest BCUT2D eigenvalue weighted by atomic mass is 10.0. The highest BCUT2D eigenvalue weighted by Gasteiger charge is 2.12. The van der Waals surface area contributed by atoms with Crippen LogP contribution in [-0.2, 0) is 0 Å². The Morgan fingerprint density at radius 1 is 0.913 bits per heavy atom. The van der Waals surface area contributed by atoms with E-state index >= 15 is 0 Å². The first-order valence-electron chi connectivity index (χ1n) is 7.05. The maximum absolute atomic E-state index is 11.2. The molecule has 0 aliphatic rings. The Balaban J connectivity index is 2.13. The molecule has 0 bridgehead atoms. The van der Waals surface area contributed by atoms with Gasteiger partial charge in [0.2, 0.25) is 0 Å². The van der Waals surface area contributed by atoms with Crippen LogP contribution in [0.2, 0.25) is 0 Å². The summed E-state index contributed by atoms with van der Waals surface area (Å²) in [5.74, 6) is -0.970. The molecule has 0 aliphatic carbocycles. The lowest BCUT2D eigenvalue weighted by Crippen LogP contribution is -1.97. The fourth-order valence-electron chi connectivity index (χ4n) is 2.70. The highest BCUT2D eigenvalue weighted by atomic mass is 16.4. The number of pyridine rings is 3. The van der Waals surface area contributed by atoms with Crippen LogP contribution >= 0.6 is 0 Å². The molecule has 1 aromatic carbocycles. The molecule has 0 spiro atoms. The molecule has 23 heavy (non-hydrogen) atoms. The Morgan fingerprint density at radius 3 is 2.57 bits per heavy atom. The van der Waals surface area contributed by atoms with Gasteiger partial charge in [0.1, 0.15) is 0 Å². The van der Waals surface area contributed by atoms with E-state index in [1.54, 1.807) is 43.0 Å². The maximum atomic E-state index is 11.2. The summed E-state index contributed by atoms with van der Waals surface area (Å²) in [7, 11) is 0. The first-order chi connectivity index (χ1) is 11.2.